The lowest BCUT2D eigenvalue weighted by Crippen LogP contribution is -2.51. The molecular formula is C15H26N4O. The van der Waals surface area contributed by atoms with Gasteiger partial charge in [0.2, 0.25) is 0 Å². The number of aromatic nitrogens is 2. The minimum atomic E-state index is 0.0227. The summed E-state index contributed by atoms with van der Waals surface area (Å²) in [5.41, 5.74) is 7.49. The lowest BCUT2D eigenvalue weighted by molar-refractivity contribution is 0.0526. The molecule has 0 spiro atoms. The zero-order valence-electron chi connectivity index (χ0n) is 13.0. The first-order chi connectivity index (χ1) is 9.45. The average Bonchev–Trinajstić information content (AvgIpc) is 2.80. The van der Waals surface area contributed by atoms with Gasteiger partial charge in [-0.05, 0) is 30.7 Å². The summed E-state index contributed by atoms with van der Waals surface area (Å²) in [5, 5.41) is 4.39. The van der Waals surface area contributed by atoms with Crippen molar-refractivity contribution in [2.45, 2.75) is 45.6 Å². The molecule has 112 valence electrons. The van der Waals surface area contributed by atoms with Gasteiger partial charge in [-0.3, -0.25) is 9.48 Å². The number of carbonyl (C=O) groups is 1. The Labute approximate surface area is 121 Å². The van der Waals surface area contributed by atoms with Crippen molar-refractivity contribution in [2.75, 3.05) is 13.1 Å². The van der Waals surface area contributed by atoms with Crippen molar-refractivity contribution in [1.29, 1.82) is 0 Å². The van der Waals surface area contributed by atoms with Crippen LogP contribution in [0.3, 0.4) is 0 Å². The van der Waals surface area contributed by atoms with E-state index in [4.69, 9.17) is 5.73 Å². The van der Waals surface area contributed by atoms with E-state index in [9.17, 15) is 4.79 Å². The van der Waals surface area contributed by atoms with Crippen molar-refractivity contribution >= 4 is 5.91 Å². The third-order valence-electron chi connectivity index (χ3n) is 4.34. The predicted molar refractivity (Wildman–Crippen MR) is 79.6 cm³/mol. The fraction of sp³-hybridized carbons (Fsp3) is 0.733. The Morgan fingerprint density at radius 3 is 2.80 bits per heavy atom. The van der Waals surface area contributed by atoms with E-state index in [1.54, 1.807) is 0 Å². The van der Waals surface area contributed by atoms with Gasteiger partial charge in [-0.2, -0.15) is 5.10 Å². The Balaban J connectivity index is 2.23. The molecule has 5 nitrogen and oxygen atoms in total. The van der Waals surface area contributed by atoms with E-state index in [-0.39, 0.29) is 11.9 Å². The molecule has 1 fully saturated rings. The number of amides is 1. The van der Waals surface area contributed by atoms with Gasteiger partial charge in [-0.25, -0.2) is 0 Å². The topological polar surface area (TPSA) is 64.2 Å². The second-order valence-corrected chi connectivity index (χ2v) is 6.15. The highest BCUT2D eigenvalue weighted by atomic mass is 16.2. The number of hydrogen-bond acceptors (Lipinski definition) is 3. The Morgan fingerprint density at radius 1 is 1.55 bits per heavy atom. The van der Waals surface area contributed by atoms with Crippen molar-refractivity contribution in [3.8, 4) is 0 Å². The van der Waals surface area contributed by atoms with Crippen LogP contribution in [0.15, 0.2) is 6.07 Å². The van der Waals surface area contributed by atoms with Gasteiger partial charge in [0.1, 0.15) is 0 Å². The van der Waals surface area contributed by atoms with Gasteiger partial charge in [-0.1, -0.05) is 20.8 Å². The van der Waals surface area contributed by atoms with Gasteiger partial charge < -0.3 is 10.6 Å². The predicted octanol–water partition coefficient (Wildman–Crippen LogP) is 1.74. The van der Waals surface area contributed by atoms with E-state index in [0.29, 0.717) is 24.1 Å². The van der Waals surface area contributed by atoms with Crippen LogP contribution in [0.25, 0.3) is 0 Å². The molecule has 1 aliphatic rings. The van der Waals surface area contributed by atoms with Gasteiger partial charge >= 0.3 is 0 Å². The Kier molecular flexibility index (Phi) is 4.48. The van der Waals surface area contributed by atoms with Crippen molar-refractivity contribution in [2.24, 2.45) is 18.7 Å². The summed E-state index contributed by atoms with van der Waals surface area (Å²) >= 11 is 0. The van der Waals surface area contributed by atoms with Crippen LogP contribution in [-0.4, -0.2) is 39.7 Å². The monoisotopic (exact) mass is 278 g/mol. The number of likely N-dealkylation sites (tertiary alicyclic amines) is 1. The lowest BCUT2D eigenvalue weighted by atomic mass is 9.90. The Morgan fingerprint density at radius 2 is 2.25 bits per heavy atom. The minimum Gasteiger partial charge on any atom is -0.333 e. The van der Waals surface area contributed by atoms with Gasteiger partial charge in [0.05, 0.1) is 0 Å². The number of carbonyl (C=O) groups excluding carboxylic acids is 1. The number of nitrogens with two attached hydrogens (primary N) is 1. The summed E-state index contributed by atoms with van der Waals surface area (Å²) in [6.45, 7) is 7.71. The van der Waals surface area contributed by atoms with Crippen LogP contribution in [0.4, 0.5) is 0 Å². The number of aryl methyl sites for hydroxylation is 1. The summed E-state index contributed by atoms with van der Waals surface area (Å²) in [4.78, 5) is 14.6. The van der Waals surface area contributed by atoms with Crippen LogP contribution in [0, 0.1) is 5.92 Å². The van der Waals surface area contributed by atoms with Gasteiger partial charge in [0.25, 0.3) is 5.91 Å². The van der Waals surface area contributed by atoms with E-state index in [1.807, 2.05) is 22.7 Å². The summed E-state index contributed by atoms with van der Waals surface area (Å²) in [7, 11) is 1.89. The molecule has 1 aromatic heterocycles. The fourth-order valence-corrected chi connectivity index (χ4v) is 3.13. The van der Waals surface area contributed by atoms with E-state index in [1.165, 1.54) is 0 Å². The molecule has 1 aliphatic heterocycles. The SMILES string of the molecule is CC(C)c1cc(C(=O)N2CCC[C@@H](C)[C@H]2CN)nn1C. The molecule has 0 aromatic carbocycles. The van der Waals surface area contributed by atoms with Crippen LogP contribution in [0.5, 0.6) is 0 Å². The molecule has 2 rings (SSSR count). The van der Waals surface area contributed by atoms with Crippen LogP contribution < -0.4 is 5.73 Å². The molecule has 1 saturated heterocycles. The summed E-state index contributed by atoms with van der Waals surface area (Å²) < 4.78 is 1.81. The lowest BCUT2D eigenvalue weighted by Gasteiger charge is -2.39. The van der Waals surface area contributed by atoms with E-state index >= 15 is 0 Å². The highest BCUT2D eigenvalue weighted by Crippen LogP contribution is 2.25. The molecule has 20 heavy (non-hydrogen) atoms. The summed E-state index contributed by atoms with van der Waals surface area (Å²) in [6.07, 6.45) is 2.19. The zero-order valence-corrected chi connectivity index (χ0v) is 13.0. The Hall–Kier alpha value is -1.36. The van der Waals surface area contributed by atoms with Crippen LogP contribution >= 0.6 is 0 Å². The van der Waals surface area contributed by atoms with Crippen LogP contribution in [0.1, 0.15) is 55.7 Å². The van der Waals surface area contributed by atoms with E-state index in [0.717, 1.165) is 25.1 Å². The molecule has 0 bridgehead atoms. The molecule has 0 saturated carbocycles. The van der Waals surface area contributed by atoms with Crippen molar-refractivity contribution in [3.63, 3.8) is 0 Å². The maximum Gasteiger partial charge on any atom is 0.274 e. The van der Waals surface area contributed by atoms with Crippen molar-refractivity contribution in [1.82, 2.24) is 14.7 Å². The van der Waals surface area contributed by atoms with Crippen molar-refractivity contribution in [3.05, 3.63) is 17.5 Å². The first kappa shape index (κ1) is 15.0. The number of hydrogen-bond donors (Lipinski definition) is 1. The largest absolute Gasteiger partial charge is 0.333 e. The van der Waals surface area contributed by atoms with Crippen LogP contribution in [-0.2, 0) is 7.05 Å². The second-order valence-electron chi connectivity index (χ2n) is 6.15. The zero-order chi connectivity index (χ0) is 14.9. The average molecular weight is 278 g/mol. The third-order valence-corrected chi connectivity index (χ3v) is 4.34. The first-order valence-electron chi connectivity index (χ1n) is 7.50. The molecule has 5 heteroatoms. The molecule has 2 N–H and O–H groups in total. The third kappa shape index (κ3) is 2.73. The molecular weight excluding hydrogens is 252 g/mol. The van der Waals surface area contributed by atoms with Crippen molar-refractivity contribution < 1.29 is 4.79 Å². The maximum absolute atomic E-state index is 12.7. The normalized spacial score (nSPS) is 23.4. The Bertz CT molecular complexity index is 480. The van der Waals surface area contributed by atoms with Gasteiger partial charge in [0.15, 0.2) is 5.69 Å². The second kappa shape index (κ2) is 5.95. The summed E-state index contributed by atoms with van der Waals surface area (Å²) in [5.74, 6) is 0.847. The first-order valence-corrected chi connectivity index (χ1v) is 7.50. The highest BCUT2D eigenvalue weighted by molar-refractivity contribution is 5.92. The quantitative estimate of drug-likeness (QED) is 0.916. The molecule has 1 aromatic rings. The van der Waals surface area contributed by atoms with E-state index < -0.39 is 0 Å². The molecule has 2 atom stereocenters. The molecule has 0 aliphatic carbocycles. The molecule has 0 unspecified atom stereocenters. The molecule has 1 amide bonds. The standard InChI is InChI=1S/C15H26N4O/c1-10(2)13-8-12(17-18(13)4)15(20)19-7-5-6-11(3)14(19)9-16/h8,10-11,14H,5-7,9,16H2,1-4H3/t11-,14-/m1/s1. The number of piperidine rings is 1. The number of nitrogens with zero attached hydrogens (tertiary/aromatic N) is 3. The summed E-state index contributed by atoms with van der Waals surface area (Å²) in [6, 6.07) is 2.06. The molecule has 0 radical (unpaired) electrons. The minimum absolute atomic E-state index is 0.0227. The molecule has 2 heterocycles. The smallest absolute Gasteiger partial charge is 0.274 e. The maximum atomic E-state index is 12.7. The van der Waals surface area contributed by atoms with E-state index in [2.05, 4.69) is 25.9 Å². The number of rotatable bonds is 3. The highest BCUT2D eigenvalue weighted by Gasteiger charge is 2.32. The fourth-order valence-electron chi connectivity index (χ4n) is 3.13. The van der Waals surface area contributed by atoms with Crippen LogP contribution in [0.2, 0.25) is 0 Å². The van der Waals surface area contributed by atoms with Gasteiger partial charge in [-0.15, -0.1) is 0 Å². The van der Waals surface area contributed by atoms with Gasteiger partial charge in [0, 0.05) is 31.9 Å².